The predicted octanol–water partition coefficient (Wildman–Crippen LogP) is 9.03. The number of likely N-dealkylation sites (N-methyl/N-ethyl adjacent to an activating group) is 1. The van der Waals surface area contributed by atoms with Gasteiger partial charge in [-0.05, 0) is 175 Å². The molecule has 0 radical (unpaired) electrons. The minimum Gasteiger partial charge on any atom is -0.488 e. The first kappa shape index (κ1) is 89.0. The molecule has 0 spiro atoms. The van der Waals surface area contributed by atoms with Crippen LogP contribution < -0.4 is 56.7 Å². The highest BCUT2D eigenvalue weighted by Crippen LogP contribution is 2.43. The number of thioether (sulfide) groups is 1. The minimum atomic E-state index is -4.29. The maximum absolute atomic E-state index is 15.9. The smallest absolute Gasteiger partial charge is 0.326 e. The molecule has 0 unspecified atom stereocenters. The van der Waals surface area contributed by atoms with Crippen LogP contribution in [-0.2, 0) is 85.4 Å². The second-order valence-electron chi connectivity index (χ2n) is 32.1. The fourth-order valence-electron chi connectivity index (χ4n) is 15.2. The number of hydrogen-bond acceptors (Lipinski definition) is 16. The van der Waals surface area contributed by atoms with Crippen molar-refractivity contribution < 1.29 is 61.4 Å². The Hall–Kier alpha value is -11.4. The van der Waals surface area contributed by atoms with Crippen LogP contribution in [0.4, 0.5) is 0 Å². The molecule has 28 heteroatoms. The quantitative estimate of drug-likeness (QED) is 0.00748. The van der Waals surface area contributed by atoms with E-state index in [-0.39, 0.29) is 68.8 Å². The number of nitrogens with one attached hydrogen (secondary N) is 10. The molecule has 1 aromatic heterocycles. The molecule has 626 valence electrons. The van der Waals surface area contributed by atoms with Crippen molar-refractivity contribution >= 4 is 75.1 Å². The molecule has 10 rings (SSSR count). The average molecular weight is 1650 g/mol. The van der Waals surface area contributed by atoms with E-state index in [9.17, 15) is 32.7 Å². The Balaban J connectivity index is 0.939. The molecule has 1 fully saturated rings. The lowest BCUT2D eigenvalue weighted by atomic mass is 9.77. The number of sulfonamides is 1. The van der Waals surface area contributed by atoms with Crippen LogP contribution in [0.15, 0.2) is 193 Å². The Kier molecular flexibility index (Phi) is 30.3. The maximum atomic E-state index is 15.9. The first-order valence-corrected chi connectivity index (χ1v) is 42.7. The molecule has 0 bridgehead atoms. The van der Waals surface area contributed by atoms with Gasteiger partial charge < -0.3 is 66.6 Å². The van der Waals surface area contributed by atoms with E-state index in [1.165, 1.54) is 16.7 Å². The number of likely N-dealkylation sites (tertiary alicyclic amines) is 1. The number of carbonyl (C=O) groups excluding carboxylic acids is 7. The number of imidazole rings is 1. The SMILES string of the molecule is CNCC(=O)N[C@@H](CCCNC(=N)NS(=O)(=O)c1c(C)c(C)c2c(c1C)CCC(C)(C)O2)C(=O)N[C@H](C(=O)N[C@@H](Cc1ccc(OC(C)(C)C)cc1)C(=O)N[C@@H](CSCc1ccccc1)C(=O)N[C@@H](Cc1cn(C(c2ccccc2)(c2ccccc2)c2ccccc2)cn1)C(=O)N1CCC[C@H]1C(=O)N[C@@H](Cc1ccccc1)C(=O)O)C(C)C. The van der Waals surface area contributed by atoms with Crippen molar-refractivity contribution in [2.75, 3.05) is 32.4 Å². The highest BCUT2D eigenvalue weighted by molar-refractivity contribution is 7.98. The molecule has 0 saturated carbocycles. The van der Waals surface area contributed by atoms with Gasteiger partial charge in [-0.15, -0.1) is 0 Å². The molecule has 2 aliphatic rings. The molecule has 7 atom stereocenters. The van der Waals surface area contributed by atoms with Crippen molar-refractivity contribution in [1.82, 2.24) is 61.7 Å². The standard InChI is InChI=1S/C90H111N13O13S2/c1-57(2)77(100-80(105)70(95-76(104)52-92-11)39-27-47-93-87(91)101-118(113,114)79-59(4)58(3)78-69(60(79)5)45-46-89(9,10)116-78)84(109)96-71(49-62-41-43-68(44-42-62)115-88(6,7)8)81(106)99-74(55-117-54-63-31-19-13-20-32-63)82(107)97-72(85(110)103-48-28-40-75(103)83(108)98-73(86(111)112)50-61-29-17-12-18-30-61)51-67-53-102(56-94-67)90(64-33-21-14-22-34-64,65-35-23-15-24-36-65)66-37-25-16-26-38-66/h12-26,29-38,41-44,53,56-57,70-75,77,92H,27-28,39-40,45-52,54-55H2,1-11H3,(H,95,104)(H,96,109)(H,97,107)(H,98,108)(H,99,106)(H,100,105)(H,111,112)(H3,91,93,101)/t70-,71-,72-,73-,74-,75-,77-/m0/s1. The number of aliphatic carboxylic acids is 1. The fraction of sp³-hybridized carbons (Fsp3) is 0.400. The molecule has 118 heavy (non-hydrogen) atoms. The van der Waals surface area contributed by atoms with Crippen molar-refractivity contribution in [2.24, 2.45) is 5.92 Å². The summed E-state index contributed by atoms with van der Waals surface area (Å²) >= 11 is 1.32. The summed E-state index contributed by atoms with van der Waals surface area (Å²) in [5, 5.41) is 41.9. The van der Waals surface area contributed by atoms with Gasteiger partial charge in [0.25, 0.3) is 10.0 Å². The van der Waals surface area contributed by atoms with Gasteiger partial charge in [0.05, 0.1) is 23.5 Å². The number of benzene rings is 7. The van der Waals surface area contributed by atoms with Crippen LogP contribution in [0.5, 0.6) is 11.5 Å². The fourth-order valence-corrected chi connectivity index (χ4v) is 17.7. The van der Waals surface area contributed by atoms with Gasteiger partial charge in [0, 0.05) is 50.1 Å². The van der Waals surface area contributed by atoms with Crippen LogP contribution in [0.2, 0.25) is 0 Å². The van der Waals surface area contributed by atoms with E-state index in [1.807, 2.05) is 174 Å². The number of aromatic nitrogens is 2. The van der Waals surface area contributed by atoms with Gasteiger partial charge >= 0.3 is 5.97 Å². The summed E-state index contributed by atoms with van der Waals surface area (Å²) < 4.78 is 45.0. The van der Waals surface area contributed by atoms with E-state index in [1.54, 1.807) is 95.7 Å². The van der Waals surface area contributed by atoms with Crippen LogP contribution in [0, 0.1) is 32.1 Å². The second kappa shape index (κ2) is 40.2. The number of carboxylic acids is 1. The second-order valence-corrected chi connectivity index (χ2v) is 34.8. The largest absolute Gasteiger partial charge is 0.488 e. The number of hydrogen-bond donors (Lipinski definition) is 11. The zero-order valence-electron chi connectivity index (χ0n) is 68.9. The molecule has 7 amide bonds. The van der Waals surface area contributed by atoms with Gasteiger partial charge in [0.2, 0.25) is 47.3 Å². The summed E-state index contributed by atoms with van der Waals surface area (Å²) in [6.07, 6.45) is 4.95. The number of nitrogens with zero attached hydrogens (tertiary/aromatic N) is 3. The molecular weight excluding hydrogens is 1540 g/mol. The topological polar surface area (TPSA) is 363 Å². The average Bonchev–Trinajstić information content (AvgIpc) is 1.29. The van der Waals surface area contributed by atoms with E-state index in [0.29, 0.717) is 70.0 Å². The number of rotatable bonds is 37. The van der Waals surface area contributed by atoms with Crippen LogP contribution in [0.25, 0.3) is 0 Å². The molecular formula is C90H111N13O13S2. The summed E-state index contributed by atoms with van der Waals surface area (Å²) in [5.74, 6) is -6.06. The van der Waals surface area contributed by atoms with E-state index in [0.717, 1.165) is 27.8 Å². The van der Waals surface area contributed by atoms with Crippen molar-refractivity contribution in [3.63, 3.8) is 0 Å². The minimum absolute atomic E-state index is 0.0261. The Morgan fingerprint density at radius 3 is 1.77 bits per heavy atom. The third-order valence-corrected chi connectivity index (χ3v) is 23.9. The first-order valence-electron chi connectivity index (χ1n) is 40.0. The van der Waals surface area contributed by atoms with E-state index < -0.39 is 128 Å². The summed E-state index contributed by atoms with van der Waals surface area (Å²) in [6.45, 7) is 18.2. The van der Waals surface area contributed by atoms with Crippen LogP contribution in [0.3, 0.4) is 0 Å². The Bertz CT molecular complexity index is 4840. The molecule has 0 aliphatic carbocycles. The van der Waals surface area contributed by atoms with Gasteiger partial charge in [0.15, 0.2) is 0 Å². The number of carboxylic acid groups (broad SMARTS) is 1. The normalized spacial score (nSPS) is 15.4. The zero-order valence-corrected chi connectivity index (χ0v) is 70.6. The van der Waals surface area contributed by atoms with E-state index in [4.69, 9.17) is 19.9 Å². The predicted molar refractivity (Wildman–Crippen MR) is 455 cm³/mol. The van der Waals surface area contributed by atoms with E-state index >= 15 is 19.2 Å². The zero-order chi connectivity index (χ0) is 85.1. The van der Waals surface area contributed by atoms with Gasteiger partial charge in [-0.3, -0.25) is 39.0 Å². The third-order valence-electron chi connectivity index (χ3n) is 21.2. The maximum Gasteiger partial charge on any atom is 0.326 e. The first-order chi connectivity index (χ1) is 56.2. The summed E-state index contributed by atoms with van der Waals surface area (Å²) in [6, 6.07) is 45.4. The number of guanidine groups is 1. The van der Waals surface area contributed by atoms with E-state index in [2.05, 4.69) is 47.3 Å². The lowest BCUT2D eigenvalue weighted by molar-refractivity contribution is -0.145. The lowest BCUT2D eigenvalue weighted by Crippen LogP contribution is -2.61. The highest BCUT2D eigenvalue weighted by atomic mass is 32.2. The van der Waals surface area contributed by atoms with Crippen LogP contribution >= 0.6 is 11.8 Å². The Morgan fingerprint density at radius 2 is 1.19 bits per heavy atom. The number of carbonyl (C=O) groups is 8. The molecule has 1 saturated heterocycles. The monoisotopic (exact) mass is 1650 g/mol. The number of amides is 7. The van der Waals surface area contributed by atoms with Crippen molar-refractivity contribution in [1.29, 1.82) is 5.41 Å². The molecule has 3 heterocycles. The Labute approximate surface area is 695 Å². The molecule has 2 aliphatic heterocycles. The van der Waals surface area contributed by atoms with Crippen molar-refractivity contribution in [3.8, 4) is 11.5 Å². The van der Waals surface area contributed by atoms with Gasteiger partial charge in [-0.1, -0.05) is 178 Å². The lowest BCUT2D eigenvalue weighted by Gasteiger charge is -2.37. The van der Waals surface area contributed by atoms with Gasteiger partial charge in [-0.2, -0.15) is 11.8 Å². The van der Waals surface area contributed by atoms with Crippen LogP contribution in [0.1, 0.15) is 142 Å². The van der Waals surface area contributed by atoms with Crippen LogP contribution in [-0.4, -0.2) is 167 Å². The third kappa shape index (κ3) is 23.1. The molecule has 11 N–H and O–H groups in total. The summed E-state index contributed by atoms with van der Waals surface area (Å²) in [7, 11) is -2.73. The number of fused-ring (bicyclic) bond motifs is 1. The Morgan fingerprint density at radius 1 is 0.653 bits per heavy atom. The van der Waals surface area contributed by atoms with Crippen molar-refractivity contribution in [3.05, 3.63) is 250 Å². The van der Waals surface area contributed by atoms with Gasteiger partial charge in [0.1, 0.15) is 70.5 Å². The molecule has 7 aromatic carbocycles. The highest BCUT2D eigenvalue weighted by Gasteiger charge is 2.44. The van der Waals surface area contributed by atoms with Crippen molar-refractivity contribution in [2.45, 2.75) is 197 Å². The number of ether oxygens (including phenoxy) is 2. The summed E-state index contributed by atoms with van der Waals surface area (Å²) in [5.41, 5.74) is 5.62. The van der Waals surface area contributed by atoms with Gasteiger partial charge in [-0.25, -0.2) is 22.9 Å². The summed E-state index contributed by atoms with van der Waals surface area (Å²) in [4.78, 5) is 124. The molecule has 8 aromatic rings. The molecule has 26 nitrogen and oxygen atoms in total.